The van der Waals surface area contributed by atoms with Crippen molar-refractivity contribution in [3.63, 3.8) is 0 Å². The maximum Gasteiger partial charge on any atom is 0.274 e. The highest BCUT2D eigenvalue weighted by molar-refractivity contribution is 6.30. The summed E-state index contributed by atoms with van der Waals surface area (Å²) < 4.78 is 10.6. The van der Waals surface area contributed by atoms with Gasteiger partial charge in [0.2, 0.25) is 6.79 Å². The van der Waals surface area contributed by atoms with Crippen molar-refractivity contribution in [1.29, 1.82) is 0 Å². The van der Waals surface area contributed by atoms with Crippen molar-refractivity contribution in [3.05, 3.63) is 70.6 Å². The molecule has 0 radical (unpaired) electrons. The number of aryl methyl sites for hydroxylation is 1. The number of nitrogens with zero attached hydrogens (tertiary/aromatic N) is 2. The van der Waals surface area contributed by atoms with Crippen LogP contribution in [0.4, 0.5) is 11.5 Å². The summed E-state index contributed by atoms with van der Waals surface area (Å²) in [6.45, 7) is 2.47. The van der Waals surface area contributed by atoms with Crippen LogP contribution in [0.3, 0.4) is 0 Å². The van der Waals surface area contributed by atoms with Gasteiger partial charge in [-0.05, 0) is 36.8 Å². The summed E-state index contributed by atoms with van der Waals surface area (Å²) in [6, 6.07) is 14.3. The lowest BCUT2D eigenvalue weighted by Gasteiger charge is -2.10. The Balaban J connectivity index is 1.46. The highest BCUT2D eigenvalue weighted by Crippen LogP contribution is 2.34. The van der Waals surface area contributed by atoms with E-state index in [1.807, 2.05) is 24.3 Å². The van der Waals surface area contributed by atoms with Gasteiger partial charge in [-0.1, -0.05) is 23.7 Å². The summed E-state index contributed by atoms with van der Waals surface area (Å²) in [5.41, 5.74) is 1.91. The Morgan fingerprint density at radius 3 is 2.68 bits per heavy atom. The molecule has 0 atom stereocenters. The molecule has 3 aromatic rings. The van der Waals surface area contributed by atoms with Crippen LogP contribution in [-0.4, -0.2) is 22.7 Å². The van der Waals surface area contributed by atoms with Gasteiger partial charge in [-0.3, -0.25) is 4.79 Å². The van der Waals surface area contributed by atoms with Crippen molar-refractivity contribution >= 4 is 29.0 Å². The fourth-order valence-electron chi connectivity index (χ4n) is 2.74. The third-order valence-corrected chi connectivity index (χ3v) is 4.34. The lowest BCUT2D eigenvalue weighted by Crippen LogP contribution is -2.15. The largest absolute Gasteiger partial charge is 0.454 e. The number of amides is 1. The number of carbonyl (C=O) groups excluding carboxylic acids is 1. The number of aromatic nitrogens is 2. The summed E-state index contributed by atoms with van der Waals surface area (Å²) in [4.78, 5) is 21.2. The van der Waals surface area contributed by atoms with E-state index in [9.17, 15) is 4.79 Å². The number of carbonyl (C=O) groups is 1. The molecule has 1 aliphatic heterocycles. The molecule has 2 aromatic carbocycles. The molecule has 0 aliphatic carbocycles. The standard InChI is InChI=1S/C20H17ClN4O3/c1-12-23-16(9-19(24-12)22-10-13-2-4-14(21)5-3-13)20(26)25-15-6-7-17-18(8-15)28-11-27-17/h2-9H,10-11H2,1H3,(H,25,26)(H,22,23,24). The van der Waals surface area contributed by atoms with Crippen LogP contribution in [0, 0.1) is 6.92 Å². The summed E-state index contributed by atoms with van der Waals surface area (Å²) in [6.07, 6.45) is 0. The molecule has 1 aromatic heterocycles. The van der Waals surface area contributed by atoms with Crippen LogP contribution >= 0.6 is 11.6 Å². The lowest BCUT2D eigenvalue weighted by molar-refractivity contribution is 0.102. The maximum atomic E-state index is 12.6. The first-order valence-corrected chi connectivity index (χ1v) is 8.99. The predicted octanol–water partition coefficient (Wildman–Crippen LogP) is 4.03. The van der Waals surface area contributed by atoms with Gasteiger partial charge >= 0.3 is 0 Å². The number of hydrogen-bond acceptors (Lipinski definition) is 6. The van der Waals surface area contributed by atoms with E-state index in [0.717, 1.165) is 5.56 Å². The van der Waals surface area contributed by atoms with Crippen LogP contribution in [0.15, 0.2) is 48.5 Å². The number of ether oxygens (including phenoxy) is 2. The second-order valence-corrected chi connectivity index (χ2v) is 6.62. The zero-order valence-electron chi connectivity index (χ0n) is 15.0. The molecule has 0 unspecified atom stereocenters. The molecule has 2 N–H and O–H groups in total. The molecule has 1 aliphatic rings. The fourth-order valence-corrected chi connectivity index (χ4v) is 2.86. The molecule has 0 spiro atoms. The number of nitrogens with one attached hydrogen (secondary N) is 2. The number of halogens is 1. The fraction of sp³-hybridized carbons (Fsp3) is 0.150. The number of anilines is 2. The van der Waals surface area contributed by atoms with Crippen molar-refractivity contribution in [1.82, 2.24) is 9.97 Å². The highest BCUT2D eigenvalue weighted by atomic mass is 35.5. The van der Waals surface area contributed by atoms with Gasteiger partial charge in [0.25, 0.3) is 5.91 Å². The van der Waals surface area contributed by atoms with Crippen molar-refractivity contribution < 1.29 is 14.3 Å². The molecule has 1 amide bonds. The van der Waals surface area contributed by atoms with Crippen LogP contribution in [0.25, 0.3) is 0 Å². The summed E-state index contributed by atoms with van der Waals surface area (Å²) in [7, 11) is 0. The summed E-state index contributed by atoms with van der Waals surface area (Å²) >= 11 is 5.90. The molecule has 0 saturated heterocycles. The van der Waals surface area contributed by atoms with E-state index in [4.69, 9.17) is 21.1 Å². The van der Waals surface area contributed by atoms with E-state index < -0.39 is 0 Å². The van der Waals surface area contributed by atoms with Gasteiger partial charge in [-0.25, -0.2) is 9.97 Å². The molecule has 2 heterocycles. The molecule has 28 heavy (non-hydrogen) atoms. The Bertz CT molecular complexity index is 1020. The first kappa shape index (κ1) is 18.1. The van der Waals surface area contributed by atoms with Crippen LogP contribution in [0.5, 0.6) is 11.5 Å². The monoisotopic (exact) mass is 396 g/mol. The Kier molecular flexibility index (Phi) is 4.99. The third kappa shape index (κ3) is 4.15. The average Bonchev–Trinajstić information content (AvgIpc) is 3.15. The second kappa shape index (κ2) is 7.74. The average molecular weight is 397 g/mol. The Morgan fingerprint density at radius 1 is 1.07 bits per heavy atom. The minimum atomic E-state index is -0.334. The minimum Gasteiger partial charge on any atom is -0.454 e. The molecule has 8 heteroatoms. The maximum absolute atomic E-state index is 12.6. The van der Waals surface area contributed by atoms with Gasteiger partial charge < -0.3 is 20.1 Å². The third-order valence-electron chi connectivity index (χ3n) is 4.09. The molecule has 142 valence electrons. The predicted molar refractivity (Wildman–Crippen MR) is 106 cm³/mol. The SMILES string of the molecule is Cc1nc(NCc2ccc(Cl)cc2)cc(C(=O)Nc2ccc3c(c2)OCO3)n1. The minimum absolute atomic E-state index is 0.181. The van der Waals surface area contributed by atoms with Crippen LogP contribution in [-0.2, 0) is 6.54 Å². The number of hydrogen-bond donors (Lipinski definition) is 2. The van der Waals surface area contributed by atoms with Gasteiger partial charge in [0, 0.05) is 29.4 Å². The molecule has 0 saturated carbocycles. The van der Waals surface area contributed by atoms with E-state index in [2.05, 4.69) is 20.6 Å². The zero-order chi connectivity index (χ0) is 19.5. The van der Waals surface area contributed by atoms with Crippen LogP contribution in [0.2, 0.25) is 5.02 Å². The summed E-state index contributed by atoms with van der Waals surface area (Å²) in [5, 5.41) is 6.70. The van der Waals surface area contributed by atoms with Crippen molar-refractivity contribution in [2.45, 2.75) is 13.5 Å². The molecular formula is C20H17ClN4O3. The van der Waals surface area contributed by atoms with Gasteiger partial charge in [0.1, 0.15) is 17.3 Å². The number of benzene rings is 2. The van der Waals surface area contributed by atoms with E-state index in [1.54, 1.807) is 31.2 Å². The van der Waals surface area contributed by atoms with Crippen molar-refractivity contribution in [3.8, 4) is 11.5 Å². The second-order valence-electron chi connectivity index (χ2n) is 6.19. The van der Waals surface area contributed by atoms with Gasteiger partial charge in [-0.15, -0.1) is 0 Å². The zero-order valence-corrected chi connectivity index (χ0v) is 15.8. The molecular weight excluding hydrogens is 380 g/mol. The molecule has 0 bridgehead atoms. The van der Waals surface area contributed by atoms with Gasteiger partial charge in [-0.2, -0.15) is 0 Å². The van der Waals surface area contributed by atoms with Crippen molar-refractivity contribution in [2.24, 2.45) is 0 Å². The first-order valence-electron chi connectivity index (χ1n) is 8.62. The van der Waals surface area contributed by atoms with Gasteiger partial charge in [0.15, 0.2) is 11.5 Å². The van der Waals surface area contributed by atoms with Gasteiger partial charge in [0.05, 0.1) is 0 Å². The first-order chi connectivity index (χ1) is 13.6. The van der Waals surface area contributed by atoms with Crippen molar-refractivity contribution in [2.75, 3.05) is 17.4 Å². The molecule has 7 nitrogen and oxygen atoms in total. The number of rotatable bonds is 5. The van der Waals surface area contributed by atoms with Crippen LogP contribution < -0.4 is 20.1 Å². The highest BCUT2D eigenvalue weighted by Gasteiger charge is 2.16. The lowest BCUT2D eigenvalue weighted by atomic mass is 10.2. The topological polar surface area (TPSA) is 85.4 Å². The summed E-state index contributed by atoms with van der Waals surface area (Å²) in [5.74, 6) is 1.99. The Morgan fingerprint density at radius 2 is 1.86 bits per heavy atom. The molecule has 0 fully saturated rings. The van der Waals surface area contributed by atoms with E-state index in [1.165, 1.54) is 0 Å². The van der Waals surface area contributed by atoms with E-state index in [-0.39, 0.29) is 18.4 Å². The quantitative estimate of drug-likeness (QED) is 0.677. The normalized spacial score (nSPS) is 11.9. The van der Waals surface area contributed by atoms with E-state index >= 15 is 0 Å². The smallest absolute Gasteiger partial charge is 0.274 e. The Hall–Kier alpha value is -3.32. The number of fused-ring (bicyclic) bond motifs is 1. The Labute approximate surface area is 166 Å². The van der Waals surface area contributed by atoms with E-state index in [0.29, 0.717) is 40.4 Å². The van der Waals surface area contributed by atoms with Crippen LogP contribution in [0.1, 0.15) is 21.9 Å². The molecule has 4 rings (SSSR count).